The van der Waals surface area contributed by atoms with Crippen LogP contribution in [0.2, 0.25) is 0 Å². The zero-order valence-corrected chi connectivity index (χ0v) is 24.7. The van der Waals surface area contributed by atoms with E-state index in [1.165, 1.54) is 46.2 Å². The molecule has 0 spiro atoms. The first-order chi connectivity index (χ1) is 19.7. The Bertz CT molecular complexity index is 2050. The van der Waals surface area contributed by atoms with Crippen LogP contribution in [0.25, 0.3) is 32.9 Å². The first kappa shape index (κ1) is 23.7. The summed E-state index contributed by atoms with van der Waals surface area (Å²) in [7, 11) is -2.76. The fourth-order valence-electron chi connectivity index (χ4n) is 6.47. The third-order valence-electron chi connectivity index (χ3n) is 8.22. The Morgan fingerprint density at radius 1 is 0.550 bits per heavy atom. The number of halogens is 1. The van der Waals surface area contributed by atoms with Gasteiger partial charge in [0.2, 0.25) is 0 Å². The molecule has 40 heavy (non-hydrogen) atoms. The molecule has 2 nitrogen and oxygen atoms in total. The van der Waals surface area contributed by atoms with Crippen LogP contribution in [-0.4, -0.2) is 13.1 Å². The van der Waals surface area contributed by atoms with Crippen LogP contribution in [0.4, 0.5) is 0 Å². The maximum absolute atomic E-state index is 6.85. The summed E-state index contributed by atoms with van der Waals surface area (Å²) in [6.45, 7) is 0. The van der Waals surface area contributed by atoms with Crippen LogP contribution in [-0.2, 0) is 0 Å². The SMILES string of the molecule is Ic1ccc(-c2cccc([Si]3(c4ccccc4)c4ccccc4Oc4c3ccc3c4[nH]c4ccccc43)c2)cc1. The number of rotatable bonds is 3. The molecule has 0 fully saturated rings. The molecular formula is C36H24INOSi. The Hall–Kier alpha value is -4.13. The van der Waals surface area contributed by atoms with Crippen molar-refractivity contribution in [3.63, 3.8) is 0 Å². The number of fused-ring (bicyclic) bond motifs is 6. The lowest BCUT2D eigenvalue weighted by molar-refractivity contribution is 0.492. The van der Waals surface area contributed by atoms with Crippen LogP contribution in [0, 0.1) is 3.57 Å². The fourth-order valence-corrected chi connectivity index (χ4v) is 11.8. The van der Waals surface area contributed by atoms with Crippen molar-refractivity contribution < 1.29 is 4.74 Å². The van der Waals surface area contributed by atoms with Gasteiger partial charge in [-0.1, -0.05) is 115 Å². The van der Waals surface area contributed by atoms with Crippen molar-refractivity contribution in [2.24, 2.45) is 0 Å². The second-order valence-corrected chi connectivity index (χ2v) is 15.3. The normalized spacial score (nSPS) is 15.9. The van der Waals surface area contributed by atoms with E-state index < -0.39 is 8.07 Å². The molecule has 7 aromatic rings. The highest BCUT2D eigenvalue weighted by Gasteiger charge is 2.48. The molecule has 0 aliphatic carbocycles. The molecule has 8 rings (SSSR count). The number of hydrogen-bond donors (Lipinski definition) is 1. The van der Waals surface area contributed by atoms with Crippen molar-refractivity contribution in [3.05, 3.63) is 143 Å². The van der Waals surface area contributed by atoms with Crippen molar-refractivity contribution in [1.29, 1.82) is 0 Å². The molecule has 0 amide bonds. The van der Waals surface area contributed by atoms with Crippen LogP contribution in [0.5, 0.6) is 11.5 Å². The van der Waals surface area contributed by atoms with E-state index in [2.05, 4.69) is 167 Å². The van der Waals surface area contributed by atoms with Gasteiger partial charge in [0, 0.05) is 19.9 Å². The maximum Gasteiger partial charge on any atom is 0.188 e. The maximum atomic E-state index is 6.85. The number of para-hydroxylation sites is 2. The lowest BCUT2D eigenvalue weighted by atomic mass is 10.1. The van der Waals surface area contributed by atoms with Gasteiger partial charge in [-0.2, -0.15) is 0 Å². The highest BCUT2D eigenvalue weighted by atomic mass is 127. The van der Waals surface area contributed by atoms with Gasteiger partial charge in [0.1, 0.15) is 5.75 Å². The van der Waals surface area contributed by atoms with Crippen LogP contribution < -0.4 is 25.5 Å². The first-order valence-corrected chi connectivity index (χ1v) is 16.5. The summed E-state index contributed by atoms with van der Waals surface area (Å²) in [6.07, 6.45) is 0. The number of aromatic amines is 1. The van der Waals surface area contributed by atoms with Crippen LogP contribution in [0.1, 0.15) is 0 Å². The van der Waals surface area contributed by atoms with Crippen LogP contribution in [0.15, 0.2) is 140 Å². The van der Waals surface area contributed by atoms with Gasteiger partial charge in [-0.05, 0) is 78.7 Å². The van der Waals surface area contributed by atoms with Crippen molar-refractivity contribution in [2.45, 2.75) is 0 Å². The lowest BCUT2D eigenvalue weighted by Gasteiger charge is -2.39. The van der Waals surface area contributed by atoms with Gasteiger partial charge in [-0.15, -0.1) is 0 Å². The summed E-state index contributed by atoms with van der Waals surface area (Å²) in [5, 5.41) is 7.66. The Morgan fingerprint density at radius 3 is 2.17 bits per heavy atom. The number of benzene rings is 6. The summed E-state index contributed by atoms with van der Waals surface area (Å²) >= 11 is 2.37. The molecule has 4 heteroatoms. The minimum Gasteiger partial charge on any atom is -0.455 e. The molecule has 1 atom stereocenters. The third-order valence-corrected chi connectivity index (χ3v) is 13.7. The predicted molar refractivity (Wildman–Crippen MR) is 178 cm³/mol. The molecule has 2 heterocycles. The van der Waals surface area contributed by atoms with E-state index in [4.69, 9.17) is 4.74 Å². The van der Waals surface area contributed by atoms with Crippen molar-refractivity contribution in [2.75, 3.05) is 0 Å². The standard InChI is InChI=1S/C36H24INOSi/c37-26-19-17-24(18-20-26)25-9-8-12-28(23-25)40(27-10-2-1-3-11-27)33-16-7-6-15-32(33)39-36-34(40)22-21-30-29-13-4-5-14-31(29)38-35(30)36/h1-23,38H. The molecule has 190 valence electrons. The van der Waals surface area contributed by atoms with Gasteiger partial charge in [0.15, 0.2) is 13.8 Å². The second-order valence-electron chi connectivity index (χ2n) is 10.3. The van der Waals surface area contributed by atoms with Gasteiger partial charge in [0.05, 0.1) is 5.52 Å². The monoisotopic (exact) mass is 641 g/mol. The number of ether oxygens (including phenoxy) is 1. The Labute approximate surface area is 247 Å². The second kappa shape index (κ2) is 9.22. The van der Waals surface area contributed by atoms with E-state index in [1.54, 1.807) is 0 Å². The minimum atomic E-state index is -2.76. The molecular weight excluding hydrogens is 617 g/mol. The van der Waals surface area contributed by atoms with E-state index in [0.29, 0.717) is 0 Å². The molecule has 0 saturated carbocycles. The first-order valence-electron chi connectivity index (χ1n) is 13.5. The topological polar surface area (TPSA) is 25.0 Å². The molecule has 1 aliphatic rings. The minimum absolute atomic E-state index is 0.941. The summed E-state index contributed by atoms with van der Waals surface area (Å²) < 4.78 is 8.09. The smallest absolute Gasteiger partial charge is 0.188 e. The summed E-state index contributed by atoms with van der Waals surface area (Å²) in [5.74, 6) is 1.89. The van der Waals surface area contributed by atoms with Gasteiger partial charge in [-0.3, -0.25) is 0 Å². The predicted octanol–water partition coefficient (Wildman–Crippen LogP) is 7.08. The van der Waals surface area contributed by atoms with Crippen LogP contribution in [0.3, 0.4) is 0 Å². The van der Waals surface area contributed by atoms with E-state index in [-0.39, 0.29) is 0 Å². The average molecular weight is 642 g/mol. The molecule has 1 N–H and O–H groups in total. The summed E-state index contributed by atoms with van der Waals surface area (Å²) in [4.78, 5) is 3.72. The average Bonchev–Trinajstić information content (AvgIpc) is 3.40. The van der Waals surface area contributed by atoms with Crippen LogP contribution >= 0.6 is 22.6 Å². The summed E-state index contributed by atoms with van der Waals surface area (Å²) in [5.41, 5.74) is 4.65. The van der Waals surface area contributed by atoms with Gasteiger partial charge in [-0.25, -0.2) is 0 Å². The van der Waals surface area contributed by atoms with Gasteiger partial charge < -0.3 is 9.72 Å². The van der Waals surface area contributed by atoms with E-state index >= 15 is 0 Å². The molecule has 0 radical (unpaired) electrons. The lowest BCUT2D eigenvalue weighted by Crippen LogP contribution is -2.76. The van der Waals surface area contributed by atoms with E-state index in [9.17, 15) is 0 Å². The zero-order valence-electron chi connectivity index (χ0n) is 21.6. The fraction of sp³-hybridized carbons (Fsp3) is 0. The van der Waals surface area contributed by atoms with Crippen molar-refractivity contribution >= 4 is 73.2 Å². The highest BCUT2D eigenvalue weighted by Crippen LogP contribution is 2.37. The Balaban J connectivity index is 1.50. The number of nitrogens with one attached hydrogen (secondary N) is 1. The Morgan fingerprint density at radius 2 is 1.30 bits per heavy atom. The molecule has 0 saturated heterocycles. The number of hydrogen-bond acceptors (Lipinski definition) is 1. The molecule has 6 aromatic carbocycles. The largest absolute Gasteiger partial charge is 0.455 e. The molecule has 1 unspecified atom stereocenters. The quantitative estimate of drug-likeness (QED) is 0.162. The molecule has 0 bridgehead atoms. The molecule has 1 aliphatic heterocycles. The van der Waals surface area contributed by atoms with Gasteiger partial charge in [0.25, 0.3) is 0 Å². The highest BCUT2D eigenvalue weighted by molar-refractivity contribution is 14.1. The number of H-pyrrole nitrogens is 1. The molecule has 1 aromatic heterocycles. The van der Waals surface area contributed by atoms with E-state index in [0.717, 1.165) is 22.5 Å². The van der Waals surface area contributed by atoms with Gasteiger partial charge >= 0.3 is 0 Å². The Kier molecular flexibility index (Phi) is 5.47. The summed E-state index contributed by atoms with van der Waals surface area (Å²) in [6, 6.07) is 50.9. The van der Waals surface area contributed by atoms with E-state index in [1.807, 2.05) is 0 Å². The third kappa shape index (κ3) is 3.46. The van der Waals surface area contributed by atoms with Crippen molar-refractivity contribution in [3.8, 4) is 22.6 Å². The zero-order chi connectivity index (χ0) is 26.7. The van der Waals surface area contributed by atoms with Crippen molar-refractivity contribution in [1.82, 2.24) is 4.98 Å². The number of aromatic nitrogens is 1.